The number of hydrogen-bond acceptors (Lipinski definition) is 5. The largest absolute Gasteiger partial charge is 0.508 e. The quantitative estimate of drug-likeness (QED) is 0.829. The molecule has 2 amide bonds. The van der Waals surface area contributed by atoms with E-state index in [0.29, 0.717) is 0 Å². The minimum absolute atomic E-state index is 0.154. The Morgan fingerprint density at radius 1 is 0.964 bits per heavy atom. The molecule has 28 heavy (non-hydrogen) atoms. The van der Waals surface area contributed by atoms with Crippen LogP contribution in [0.2, 0.25) is 0 Å². The summed E-state index contributed by atoms with van der Waals surface area (Å²) in [6, 6.07) is 15.8. The van der Waals surface area contributed by atoms with Crippen molar-refractivity contribution in [3.63, 3.8) is 0 Å². The van der Waals surface area contributed by atoms with Crippen LogP contribution >= 0.6 is 0 Å². The van der Waals surface area contributed by atoms with Gasteiger partial charge in [0.25, 0.3) is 5.91 Å². The molecule has 2 aliphatic rings. The van der Waals surface area contributed by atoms with Gasteiger partial charge in [-0.25, -0.2) is 0 Å². The fourth-order valence-corrected chi connectivity index (χ4v) is 3.98. The third kappa shape index (κ3) is 3.08. The maximum atomic E-state index is 13.3. The second-order valence-corrected chi connectivity index (χ2v) is 8.33. The summed E-state index contributed by atoms with van der Waals surface area (Å²) in [5.41, 5.74) is 1.33. The summed E-state index contributed by atoms with van der Waals surface area (Å²) >= 11 is 0. The minimum atomic E-state index is -0.825. The van der Waals surface area contributed by atoms with Crippen LogP contribution in [0.25, 0.3) is 0 Å². The molecule has 6 heteroatoms. The van der Waals surface area contributed by atoms with Crippen molar-refractivity contribution in [2.75, 3.05) is 0 Å². The number of phenolic OH excluding ortho intramolecular Hbond substituents is 1. The predicted octanol–water partition coefficient (Wildman–Crippen LogP) is 3.03. The van der Waals surface area contributed by atoms with Gasteiger partial charge in [0.15, 0.2) is 6.10 Å². The molecular formula is C22H24N2O4. The Bertz CT molecular complexity index is 889. The summed E-state index contributed by atoms with van der Waals surface area (Å²) < 4.78 is 0. The molecule has 0 aromatic heterocycles. The number of imide groups is 1. The number of phenols is 1. The second-order valence-electron chi connectivity index (χ2n) is 8.33. The Morgan fingerprint density at radius 2 is 1.61 bits per heavy atom. The Morgan fingerprint density at radius 3 is 2.21 bits per heavy atom. The molecule has 2 saturated heterocycles. The molecule has 3 unspecified atom stereocenters. The fourth-order valence-electron chi connectivity index (χ4n) is 3.98. The monoisotopic (exact) mass is 380 g/mol. The number of carbonyl (C=O) groups excluding carboxylic acids is 2. The van der Waals surface area contributed by atoms with E-state index in [1.54, 1.807) is 29.3 Å². The number of fused-ring (bicyclic) bond motifs is 1. The Kier molecular flexibility index (Phi) is 4.48. The van der Waals surface area contributed by atoms with Gasteiger partial charge in [-0.05, 0) is 44.0 Å². The summed E-state index contributed by atoms with van der Waals surface area (Å²) in [5.74, 6) is -0.973. The first-order chi connectivity index (χ1) is 13.3. The van der Waals surface area contributed by atoms with E-state index in [9.17, 15) is 14.7 Å². The zero-order valence-electron chi connectivity index (χ0n) is 16.2. The lowest BCUT2D eigenvalue weighted by Gasteiger charge is -2.36. The van der Waals surface area contributed by atoms with Gasteiger partial charge in [0.2, 0.25) is 5.91 Å². The number of likely N-dealkylation sites (tertiary alicyclic amines) is 1. The van der Waals surface area contributed by atoms with Crippen molar-refractivity contribution in [2.45, 2.75) is 45.0 Å². The Labute approximate surface area is 164 Å². The molecule has 0 spiro atoms. The lowest BCUT2D eigenvalue weighted by Crippen LogP contribution is -2.44. The first-order valence-electron chi connectivity index (χ1n) is 9.41. The van der Waals surface area contributed by atoms with E-state index in [1.807, 2.05) is 51.1 Å². The van der Waals surface area contributed by atoms with Crippen molar-refractivity contribution < 1.29 is 19.5 Å². The lowest BCUT2D eigenvalue weighted by atomic mass is 9.89. The van der Waals surface area contributed by atoms with Crippen LogP contribution in [-0.2, 0) is 21.0 Å². The SMILES string of the molecule is CC(C)(C)N1OC2C(=O)N(Cc3ccccc3)C(=O)C2C1c1ccc(O)cc1. The van der Waals surface area contributed by atoms with E-state index >= 15 is 0 Å². The number of nitrogens with zero attached hydrogens (tertiary/aromatic N) is 2. The van der Waals surface area contributed by atoms with Crippen molar-refractivity contribution in [3.05, 3.63) is 65.7 Å². The van der Waals surface area contributed by atoms with Crippen LogP contribution in [0.5, 0.6) is 5.75 Å². The first-order valence-corrected chi connectivity index (χ1v) is 9.41. The zero-order chi connectivity index (χ0) is 20.1. The van der Waals surface area contributed by atoms with Crippen LogP contribution in [-0.4, -0.2) is 38.5 Å². The average molecular weight is 380 g/mol. The van der Waals surface area contributed by atoms with Crippen molar-refractivity contribution in [2.24, 2.45) is 5.92 Å². The van der Waals surface area contributed by atoms with Crippen LogP contribution in [0.3, 0.4) is 0 Å². The van der Waals surface area contributed by atoms with Crippen molar-refractivity contribution in [1.82, 2.24) is 9.96 Å². The van der Waals surface area contributed by atoms with Crippen molar-refractivity contribution >= 4 is 11.8 Å². The summed E-state index contributed by atoms with van der Waals surface area (Å²) in [6.07, 6.45) is -0.825. The second kappa shape index (κ2) is 6.72. The van der Waals surface area contributed by atoms with Crippen LogP contribution in [0.1, 0.15) is 37.9 Å². The standard InChI is InChI=1S/C22H24N2O4/c1-22(2,3)24-18(15-9-11-16(25)12-10-15)17-19(28-24)21(27)23(20(17)26)13-14-7-5-4-6-8-14/h4-12,17-19,25H,13H2,1-3H3. The molecule has 0 saturated carbocycles. The molecule has 2 aromatic rings. The topological polar surface area (TPSA) is 70.1 Å². The molecule has 2 fully saturated rings. The highest BCUT2D eigenvalue weighted by atomic mass is 16.7. The summed E-state index contributed by atoms with van der Waals surface area (Å²) in [6.45, 7) is 6.20. The summed E-state index contributed by atoms with van der Waals surface area (Å²) in [5, 5.41) is 11.4. The fraction of sp³-hybridized carbons (Fsp3) is 0.364. The molecular weight excluding hydrogens is 356 g/mol. The number of benzene rings is 2. The van der Waals surface area contributed by atoms with E-state index in [1.165, 1.54) is 4.90 Å². The number of aromatic hydroxyl groups is 1. The predicted molar refractivity (Wildman–Crippen MR) is 103 cm³/mol. The van der Waals surface area contributed by atoms with Gasteiger partial charge in [0.1, 0.15) is 5.75 Å². The van der Waals surface area contributed by atoms with Gasteiger partial charge in [-0.2, -0.15) is 5.06 Å². The third-order valence-electron chi connectivity index (χ3n) is 5.29. The van der Waals surface area contributed by atoms with E-state index in [-0.39, 0.29) is 24.1 Å². The van der Waals surface area contributed by atoms with Gasteiger partial charge in [0.05, 0.1) is 18.5 Å². The first kappa shape index (κ1) is 18.7. The molecule has 146 valence electrons. The maximum absolute atomic E-state index is 13.3. The minimum Gasteiger partial charge on any atom is -0.508 e. The van der Waals surface area contributed by atoms with Crippen LogP contribution < -0.4 is 0 Å². The lowest BCUT2D eigenvalue weighted by molar-refractivity contribution is -0.216. The number of hydrogen-bond donors (Lipinski definition) is 1. The average Bonchev–Trinajstić information content (AvgIpc) is 3.16. The van der Waals surface area contributed by atoms with Gasteiger partial charge in [-0.1, -0.05) is 42.5 Å². The molecule has 0 bridgehead atoms. The molecule has 3 atom stereocenters. The Hall–Kier alpha value is -2.70. The molecule has 6 nitrogen and oxygen atoms in total. The molecule has 4 rings (SSSR count). The molecule has 1 N–H and O–H groups in total. The van der Waals surface area contributed by atoms with E-state index in [4.69, 9.17) is 4.84 Å². The van der Waals surface area contributed by atoms with Crippen LogP contribution in [0.15, 0.2) is 54.6 Å². The molecule has 2 aromatic carbocycles. The summed E-state index contributed by atoms with van der Waals surface area (Å²) in [7, 11) is 0. The highest BCUT2D eigenvalue weighted by Gasteiger charge is 2.61. The maximum Gasteiger partial charge on any atom is 0.261 e. The molecule has 0 aliphatic carbocycles. The Balaban J connectivity index is 1.69. The number of hydroxylamine groups is 2. The van der Waals surface area contributed by atoms with Gasteiger partial charge < -0.3 is 5.11 Å². The molecule has 2 aliphatic heterocycles. The van der Waals surface area contributed by atoms with Crippen LogP contribution in [0.4, 0.5) is 0 Å². The number of carbonyl (C=O) groups is 2. The molecule has 0 radical (unpaired) electrons. The van der Waals surface area contributed by atoms with E-state index in [0.717, 1.165) is 11.1 Å². The number of rotatable bonds is 3. The van der Waals surface area contributed by atoms with Crippen LogP contribution in [0, 0.1) is 5.92 Å². The highest BCUT2D eigenvalue weighted by Crippen LogP contribution is 2.47. The highest BCUT2D eigenvalue weighted by molar-refractivity contribution is 6.07. The van der Waals surface area contributed by atoms with Crippen molar-refractivity contribution in [1.29, 1.82) is 0 Å². The normalized spacial score (nSPS) is 25.4. The zero-order valence-corrected chi connectivity index (χ0v) is 16.2. The number of amides is 2. The van der Waals surface area contributed by atoms with E-state index < -0.39 is 23.6 Å². The van der Waals surface area contributed by atoms with E-state index in [2.05, 4.69) is 0 Å². The van der Waals surface area contributed by atoms with Gasteiger partial charge in [0, 0.05) is 5.54 Å². The van der Waals surface area contributed by atoms with Gasteiger partial charge in [-0.15, -0.1) is 0 Å². The van der Waals surface area contributed by atoms with Crippen molar-refractivity contribution in [3.8, 4) is 5.75 Å². The van der Waals surface area contributed by atoms with Gasteiger partial charge in [-0.3, -0.25) is 19.3 Å². The third-order valence-corrected chi connectivity index (χ3v) is 5.29. The van der Waals surface area contributed by atoms with Gasteiger partial charge >= 0.3 is 0 Å². The smallest absolute Gasteiger partial charge is 0.261 e. The summed E-state index contributed by atoms with van der Waals surface area (Å²) in [4.78, 5) is 33.7. The molecule has 2 heterocycles.